The monoisotopic (exact) mass is 382 g/mol. The van der Waals surface area contributed by atoms with Crippen LogP contribution in [0.2, 0.25) is 5.02 Å². The van der Waals surface area contributed by atoms with E-state index in [4.69, 9.17) is 29.6 Å². The summed E-state index contributed by atoms with van der Waals surface area (Å²) in [5.74, 6) is -0.244. The molecule has 21 heavy (non-hydrogen) atoms. The molecule has 6 heteroatoms. The summed E-state index contributed by atoms with van der Waals surface area (Å²) in [5.41, 5.74) is 8.31. The summed E-state index contributed by atoms with van der Waals surface area (Å²) in [5, 5.41) is 3.15. The Kier molecular flexibility index (Phi) is 4.98. The molecule has 3 N–H and O–H groups in total. The molecular formula is C15H12BrClN2OS. The van der Waals surface area contributed by atoms with E-state index in [9.17, 15) is 4.79 Å². The van der Waals surface area contributed by atoms with Crippen molar-refractivity contribution >= 4 is 56.3 Å². The van der Waals surface area contributed by atoms with Crippen molar-refractivity contribution in [1.29, 1.82) is 0 Å². The molecule has 0 aliphatic rings. The zero-order chi connectivity index (χ0) is 15.6. The Labute approximate surface area is 141 Å². The van der Waals surface area contributed by atoms with E-state index in [-0.39, 0.29) is 10.9 Å². The first-order valence-electron chi connectivity index (χ1n) is 6.05. The quantitative estimate of drug-likeness (QED) is 0.777. The molecule has 0 aliphatic carbocycles. The van der Waals surface area contributed by atoms with Gasteiger partial charge in [-0.1, -0.05) is 29.9 Å². The SMILES string of the molecule is Cc1ccc(C(=O)Nc2ccc(C(N)=S)cc2Cl)c(Br)c1. The molecule has 0 aliphatic heterocycles. The van der Waals surface area contributed by atoms with E-state index in [1.54, 1.807) is 24.3 Å². The van der Waals surface area contributed by atoms with Gasteiger partial charge in [0.1, 0.15) is 4.99 Å². The molecule has 0 aromatic heterocycles. The molecule has 2 rings (SSSR count). The van der Waals surface area contributed by atoms with E-state index in [0.29, 0.717) is 21.8 Å². The molecule has 0 heterocycles. The fourth-order valence-electron chi connectivity index (χ4n) is 1.76. The van der Waals surface area contributed by atoms with Crippen molar-refractivity contribution in [1.82, 2.24) is 0 Å². The fraction of sp³-hybridized carbons (Fsp3) is 0.0667. The van der Waals surface area contributed by atoms with Gasteiger partial charge in [-0.3, -0.25) is 4.79 Å². The predicted octanol–water partition coefficient (Wildman–Crippen LogP) is 4.30. The van der Waals surface area contributed by atoms with E-state index in [1.165, 1.54) is 0 Å². The zero-order valence-electron chi connectivity index (χ0n) is 11.1. The smallest absolute Gasteiger partial charge is 0.256 e. The molecule has 0 unspecified atom stereocenters. The number of nitrogens with one attached hydrogen (secondary N) is 1. The van der Waals surface area contributed by atoms with Gasteiger partial charge in [-0.25, -0.2) is 0 Å². The summed E-state index contributed by atoms with van der Waals surface area (Å²) in [7, 11) is 0. The Hall–Kier alpha value is -1.43. The van der Waals surface area contributed by atoms with Gasteiger partial charge in [-0.2, -0.15) is 0 Å². The van der Waals surface area contributed by atoms with E-state index >= 15 is 0 Å². The van der Waals surface area contributed by atoms with Gasteiger partial charge in [0.05, 0.1) is 16.3 Å². The van der Waals surface area contributed by atoms with Gasteiger partial charge < -0.3 is 11.1 Å². The first-order valence-corrected chi connectivity index (χ1v) is 7.63. The maximum Gasteiger partial charge on any atom is 0.256 e. The third-order valence-electron chi connectivity index (χ3n) is 2.87. The lowest BCUT2D eigenvalue weighted by molar-refractivity contribution is 0.102. The van der Waals surface area contributed by atoms with Crippen LogP contribution in [0.5, 0.6) is 0 Å². The van der Waals surface area contributed by atoms with Crippen LogP contribution < -0.4 is 11.1 Å². The van der Waals surface area contributed by atoms with Crippen molar-refractivity contribution < 1.29 is 4.79 Å². The zero-order valence-corrected chi connectivity index (χ0v) is 14.3. The highest BCUT2D eigenvalue weighted by Crippen LogP contribution is 2.25. The van der Waals surface area contributed by atoms with Crippen LogP contribution in [0.3, 0.4) is 0 Å². The molecule has 2 aromatic carbocycles. The molecule has 0 saturated carbocycles. The van der Waals surface area contributed by atoms with Crippen LogP contribution >= 0.6 is 39.7 Å². The third-order valence-corrected chi connectivity index (χ3v) is 4.08. The number of hydrogen-bond acceptors (Lipinski definition) is 2. The van der Waals surface area contributed by atoms with Crippen molar-refractivity contribution in [2.24, 2.45) is 5.73 Å². The average molecular weight is 384 g/mol. The van der Waals surface area contributed by atoms with Crippen LogP contribution in [0.4, 0.5) is 5.69 Å². The Morgan fingerprint density at radius 1 is 1.29 bits per heavy atom. The summed E-state index contributed by atoms with van der Waals surface area (Å²) in [6, 6.07) is 10.5. The second kappa shape index (κ2) is 6.56. The summed E-state index contributed by atoms with van der Waals surface area (Å²) in [6.45, 7) is 1.96. The Morgan fingerprint density at radius 2 is 2.00 bits per heavy atom. The largest absolute Gasteiger partial charge is 0.389 e. The number of carbonyl (C=O) groups is 1. The van der Waals surface area contributed by atoms with Crippen LogP contribution in [0, 0.1) is 6.92 Å². The number of rotatable bonds is 3. The number of nitrogens with two attached hydrogens (primary N) is 1. The number of hydrogen-bond donors (Lipinski definition) is 2. The summed E-state index contributed by atoms with van der Waals surface area (Å²) < 4.78 is 0.732. The molecule has 2 aromatic rings. The van der Waals surface area contributed by atoms with Gasteiger partial charge in [-0.15, -0.1) is 0 Å². The number of aryl methyl sites for hydroxylation is 1. The maximum absolute atomic E-state index is 12.3. The number of amides is 1. The van der Waals surface area contributed by atoms with Crippen LogP contribution in [-0.4, -0.2) is 10.9 Å². The van der Waals surface area contributed by atoms with Gasteiger partial charge in [-0.05, 0) is 58.7 Å². The van der Waals surface area contributed by atoms with Gasteiger partial charge in [0.15, 0.2) is 0 Å². The first kappa shape index (κ1) is 15.9. The molecule has 108 valence electrons. The Balaban J connectivity index is 2.25. The molecule has 0 radical (unpaired) electrons. The average Bonchev–Trinajstić information content (AvgIpc) is 2.40. The number of halogens is 2. The molecule has 3 nitrogen and oxygen atoms in total. The van der Waals surface area contributed by atoms with Gasteiger partial charge >= 0.3 is 0 Å². The van der Waals surface area contributed by atoms with E-state index in [1.807, 2.05) is 19.1 Å². The van der Waals surface area contributed by atoms with Gasteiger partial charge in [0.2, 0.25) is 0 Å². The highest BCUT2D eigenvalue weighted by atomic mass is 79.9. The second-order valence-electron chi connectivity index (χ2n) is 4.50. The second-order valence-corrected chi connectivity index (χ2v) is 6.20. The van der Waals surface area contributed by atoms with Crippen molar-refractivity contribution in [3.8, 4) is 0 Å². The molecule has 1 amide bonds. The molecule has 0 atom stereocenters. The third kappa shape index (κ3) is 3.81. The topological polar surface area (TPSA) is 55.1 Å². The van der Waals surface area contributed by atoms with Gasteiger partial charge in [0.25, 0.3) is 5.91 Å². The maximum atomic E-state index is 12.3. The van der Waals surface area contributed by atoms with Crippen molar-refractivity contribution in [3.63, 3.8) is 0 Å². The van der Waals surface area contributed by atoms with Crippen molar-refractivity contribution in [2.75, 3.05) is 5.32 Å². The standard InChI is InChI=1S/C15H12BrClN2OS/c1-8-2-4-10(11(16)6-8)15(20)19-13-5-3-9(14(18)21)7-12(13)17/h2-7H,1H3,(H2,18,21)(H,19,20). The number of carbonyl (C=O) groups excluding carboxylic acids is 1. The first-order chi connectivity index (χ1) is 9.88. The Morgan fingerprint density at radius 3 is 2.57 bits per heavy atom. The summed E-state index contributed by atoms with van der Waals surface area (Å²) >= 11 is 14.4. The van der Waals surface area contributed by atoms with Gasteiger partial charge in [0, 0.05) is 10.0 Å². The summed E-state index contributed by atoms with van der Waals surface area (Å²) in [6.07, 6.45) is 0. The summed E-state index contributed by atoms with van der Waals surface area (Å²) in [4.78, 5) is 12.5. The van der Waals surface area contributed by atoms with E-state index in [2.05, 4.69) is 21.2 Å². The molecule has 0 fully saturated rings. The van der Waals surface area contributed by atoms with Crippen LogP contribution in [0.15, 0.2) is 40.9 Å². The minimum absolute atomic E-state index is 0.244. The van der Waals surface area contributed by atoms with Crippen molar-refractivity contribution in [3.05, 3.63) is 62.6 Å². The van der Waals surface area contributed by atoms with E-state index < -0.39 is 0 Å². The van der Waals surface area contributed by atoms with Crippen molar-refractivity contribution in [2.45, 2.75) is 6.92 Å². The normalized spacial score (nSPS) is 10.2. The van der Waals surface area contributed by atoms with Crippen LogP contribution in [0.25, 0.3) is 0 Å². The Bertz CT molecular complexity index is 734. The minimum Gasteiger partial charge on any atom is -0.389 e. The minimum atomic E-state index is -0.244. The number of thiocarbonyl (C=S) groups is 1. The van der Waals surface area contributed by atoms with E-state index in [0.717, 1.165) is 10.0 Å². The molecule has 0 spiro atoms. The highest BCUT2D eigenvalue weighted by Gasteiger charge is 2.12. The molecular weight excluding hydrogens is 372 g/mol. The lowest BCUT2D eigenvalue weighted by atomic mass is 10.1. The van der Waals surface area contributed by atoms with Crippen LogP contribution in [-0.2, 0) is 0 Å². The lowest BCUT2D eigenvalue weighted by Gasteiger charge is -2.10. The predicted molar refractivity (Wildman–Crippen MR) is 94.2 cm³/mol. The lowest BCUT2D eigenvalue weighted by Crippen LogP contribution is -2.14. The number of benzene rings is 2. The van der Waals surface area contributed by atoms with Crippen LogP contribution in [0.1, 0.15) is 21.5 Å². The molecule has 0 saturated heterocycles. The highest BCUT2D eigenvalue weighted by molar-refractivity contribution is 9.10. The molecule has 0 bridgehead atoms. The fourth-order valence-corrected chi connectivity index (χ4v) is 2.79. The number of anilines is 1.